The minimum atomic E-state index is -0.450. The fraction of sp³-hybridized carbons (Fsp3) is 0.700. The molecule has 7 heteroatoms. The van der Waals surface area contributed by atoms with Gasteiger partial charge >= 0.3 is 5.97 Å². The van der Waals surface area contributed by atoms with E-state index in [2.05, 4.69) is 10.3 Å². The standard InChI is InChI=1S/C20H28N4O3/c1-20(2)10-14(19(26)27-20)9-17(25)24-7-4-13(5-8-24)18-22-12-15-11-21-6-3-16(15)23-18/h12-14,21H,3-11H2,1-2H3/t14-/m1/s1. The molecule has 27 heavy (non-hydrogen) atoms. The summed E-state index contributed by atoms with van der Waals surface area (Å²) in [5.74, 6) is 0.752. The van der Waals surface area contributed by atoms with E-state index in [4.69, 9.17) is 9.72 Å². The number of nitrogens with zero attached hydrogens (tertiary/aromatic N) is 3. The maximum atomic E-state index is 12.6. The molecule has 1 amide bonds. The lowest BCUT2D eigenvalue weighted by atomic mass is 9.92. The van der Waals surface area contributed by atoms with Crippen LogP contribution in [0.25, 0.3) is 0 Å². The minimum absolute atomic E-state index is 0.0607. The van der Waals surface area contributed by atoms with Crippen molar-refractivity contribution in [2.45, 2.75) is 64.0 Å². The van der Waals surface area contributed by atoms with Gasteiger partial charge in [-0.25, -0.2) is 9.97 Å². The molecule has 3 aliphatic rings. The van der Waals surface area contributed by atoms with Crippen LogP contribution < -0.4 is 5.32 Å². The van der Waals surface area contributed by atoms with Crippen molar-refractivity contribution in [3.05, 3.63) is 23.3 Å². The Bertz CT molecular complexity index is 741. The summed E-state index contributed by atoms with van der Waals surface area (Å²) in [6.07, 6.45) is 5.54. The predicted octanol–water partition coefficient (Wildman–Crippen LogP) is 1.56. The van der Waals surface area contributed by atoms with Gasteiger partial charge in [0.1, 0.15) is 11.4 Å². The first-order chi connectivity index (χ1) is 12.9. The fourth-order valence-corrected chi connectivity index (χ4v) is 4.40. The predicted molar refractivity (Wildman–Crippen MR) is 98.9 cm³/mol. The minimum Gasteiger partial charge on any atom is -0.459 e. The van der Waals surface area contributed by atoms with E-state index in [1.165, 1.54) is 11.3 Å². The molecule has 0 unspecified atom stereocenters. The molecular weight excluding hydrogens is 344 g/mol. The molecule has 1 atom stereocenters. The zero-order valence-electron chi connectivity index (χ0n) is 16.2. The van der Waals surface area contributed by atoms with Gasteiger partial charge in [0, 0.05) is 68.8 Å². The van der Waals surface area contributed by atoms with Crippen molar-refractivity contribution in [2.75, 3.05) is 19.6 Å². The summed E-state index contributed by atoms with van der Waals surface area (Å²) in [6.45, 7) is 7.03. The zero-order chi connectivity index (χ0) is 19.0. The third kappa shape index (κ3) is 3.98. The molecule has 0 saturated carbocycles. The van der Waals surface area contributed by atoms with Crippen LogP contribution in [0.1, 0.15) is 62.5 Å². The lowest BCUT2D eigenvalue weighted by Crippen LogP contribution is -2.39. The van der Waals surface area contributed by atoms with E-state index in [9.17, 15) is 9.59 Å². The number of esters is 1. The summed E-state index contributed by atoms with van der Waals surface area (Å²) in [5, 5.41) is 3.34. The van der Waals surface area contributed by atoms with Crippen LogP contribution in [0, 0.1) is 5.92 Å². The van der Waals surface area contributed by atoms with Gasteiger partial charge in [-0.2, -0.15) is 0 Å². The molecular formula is C20H28N4O3. The number of ether oxygens (including phenoxy) is 1. The first-order valence-corrected chi connectivity index (χ1v) is 9.97. The van der Waals surface area contributed by atoms with Gasteiger partial charge in [0.2, 0.25) is 5.91 Å². The summed E-state index contributed by atoms with van der Waals surface area (Å²) in [6, 6.07) is 0. The number of piperidine rings is 1. The number of aromatic nitrogens is 2. The molecule has 4 heterocycles. The maximum Gasteiger partial charge on any atom is 0.310 e. The average Bonchev–Trinajstić information content (AvgIpc) is 2.92. The summed E-state index contributed by atoms with van der Waals surface area (Å²) >= 11 is 0. The summed E-state index contributed by atoms with van der Waals surface area (Å²) in [5.41, 5.74) is 1.91. The number of hydrogen-bond acceptors (Lipinski definition) is 6. The van der Waals surface area contributed by atoms with Crippen LogP contribution in [-0.2, 0) is 27.3 Å². The molecule has 0 aromatic carbocycles. The number of cyclic esters (lactones) is 1. The largest absolute Gasteiger partial charge is 0.459 e. The molecule has 2 fully saturated rings. The van der Waals surface area contributed by atoms with Gasteiger partial charge in [-0.15, -0.1) is 0 Å². The van der Waals surface area contributed by atoms with Gasteiger partial charge in [-0.05, 0) is 26.7 Å². The van der Waals surface area contributed by atoms with Crippen LogP contribution in [0.3, 0.4) is 0 Å². The molecule has 0 radical (unpaired) electrons. The molecule has 2 saturated heterocycles. The number of carbonyl (C=O) groups excluding carboxylic acids is 2. The summed E-state index contributed by atoms with van der Waals surface area (Å²) in [7, 11) is 0. The highest BCUT2D eigenvalue weighted by molar-refractivity contribution is 5.84. The number of amides is 1. The van der Waals surface area contributed by atoms with Crippen LogP contribution in [0.5, 0.6) is 0 Å². The monoisotopic (exact) mass is 372 g/mol. The first kappa shape index (κ1) is 18.3. The van der Waals surface area contributed by atoms with Crippen molar-refractivity contribution in [1.29, 1.82) is 0 Å². The van der Waals surface area contributed by atoms with Gasteiger partial charge in [0.25, 0.3) is 0 Å². The van der Waals surface area contributed by atoms with E-state index in [1.807, 2.05) is 24.9 Å². The smallest absolute Gasteiger partial charge is 0.310 e. The average molecular weight is 372 g/mol. The molecule has 1 aromatic rings. The SMILES string of the molecule is CC1(C)C[C@@H](CC(=O)N2CCC(c3ncc4c(n3)CCNC4)CC2)C(=O)O1. The normalized spacial score (nSPS) is 25.2. The molecule has 7 nitrogen and oxygen atoms in total. The second-order valence-electron chi connectivity index (χ2n) is 8.57. The molecule has 146 valence electrons. The third-order valence-electron chi connectivity index (χ3n) is 5.91. The fourth-order valence-electron chi connectivity index (χ4n) is 4.40. The second-order valence-corrected chi connectivity index (χ2v) is 8.57. The van der Waals surface area contributed by atoms with Crippen LogP contribution in [0.15, 0.2) is 6.20 Å². The first-order valence-electron chi connectivity index (χ1n) is 9.97. The Hall–Kier alpha value is -2.02. The van der Waals surface area contributed by atoms with Crippen molar-refractivity contribution in [1.82, 2.24) is 20.2 Å². The van der Waals surface area contributed by atoms with Crippen LogP contribution >= 0.6 is 0 Å². The topological polar surface area (TPSA) is 84.4 Å². The molecule has 0 bridgehead atoms. The van der Waals surface area contributed by atoms with Gasteiger partial charge in [-0.1, -0.05) is 0 Å². The number of fused-ring (bicyclic) bond motifs is 1. The van der Waals surface area contributed by atoms with E-state index in [1.54, 1.807) is 0 Å². The van der Waals surface area contributed by atoms with E-state index < -0.39 is 5.60 Å². The number of hydrogen-bond donors (Lipinski definition) is 1. The number of carbonyl (C=O) groups is 2. The Balaban J connectivity index is 1.32. The summed E-state index contributed by atoms with van der Waals surface area (Å²) < 4.78 is 5.34. The third-order valence-corrected chi connectivity index (χ3v) is 5.91. The highest BCUT2D eigenvalue weighted by Gasteiger charge is 2.41. The lowest BCUT2D eigenvalue weighted by molar-refractivity contribution is -0.150. The van der Waals surface area contributed by atoms with Crippen molar-refractivity contribution in [3.63, 3.8) is 0 Å². The quantitative estimate of drug-likeness (QED) is 0.811. The van der Waals surface area contributed by atoms with Crippen LogP contribution in [0.2, 0.25) is 0 Å². The highest BCUT2D eigenvalue weighted by atomic mass is 16.6. The molecule has 1 N–H and O–H groups in total. The Morgan fingerprint density at radius 3 is 2.85 bits per heavy atom. The Morgan fingerprint density at radius 1 is 1.37 bits per heavy atom. The Kier molecular flexibility index (Phi) is 4.88. The lowest BCUT2D eigenvalue weighted by Gasteiger charge is -2.32. The highest BCUT2D eigenvalue weighted by Crippen LogP contribution is 2.33. The van der Waals surface area contributed by atoms with Crippen molar-refractivity contribution >= 4 is 11.9 Å². The van der Waals surface area contributed by atoms with Gasteiger partial charge in [-0.3, -0.25) is 9.59 Å². The zero-order valence-corrected chi connectivity index (χ0v) is 16.2. The molecule has 0 spiro atoms. The molecule has 0 aliphatic carbocycles. The van der Waals surface area contributed by atoms with Crippen LogP contribution in [-0.4, -0.2) is 52.0 Å². The van der Waals surface area contributed by atoms with Crippen molar-refractivity contribution < 1.29 is 14.3 Å². The van der Waals surface area contributed by atoms with Gasteiger partial charge in [0.15, 0.2) is 0 Å². The number of nitrogens with one attached hydrogen (secondary N) is 1. The van der Waals surface area contributed by atoms with Gasteiger partial charge < -0.3 is 15.0 Å². The maximum absolute atomic E-state index is 12.6. The Labute approximate surface area is 159 Å². The Morgan fingerprint density at radius 2 is 2.15 bits per heavy atom. The second kappa shape index (κ2) is 7.19. The molecule has 3 aliphatic heterocycles. The molecule has 4 rings (SSSR count). The number of rotatable bonds is 3. The van der Waals surface area contributed by atoms with Crippen LogP contribution in [0.4, 0.5) is 0 Å². The van der Waals surface area contributed by atoms with E-state index in [-0.39, 0.29) is 24.2 Å². The van der Waals surface area contributed by atoms with E-state index >= 15 is 0 Å². The van der Waals surface area contributed by atoms with Gasteiger partial charge in [0.05, 0.1) is 5.92 Å². The summed E-state index contributed by atoms with van der Waals surface area (Å²) in [4.78, 5) is 35.8. The van der Waals surface area contributed by atoms with E-state index in [0.29, 0.717) is 25.4 Å². The molecule has 1 aromatic heterocycles. The number of likely N-dealkylation sites (tertiary alicyclic amines) is 1. The van der Waals surface area contributed by atoms with Crippen molar-refractivity contribution in [2.24, 2.45) is 5.92 Å². The van der Waals surface area contributed by atoms with Crippen molar-refractivity contribution in [3.8, 4) is 0 Å². The van der Waals surface area contributed by atoms with E-state index in [0.717, 1.165) is 38.2 Å².